The van der Waals surface area contributed by atoms with E-state index in [-0.39, 0.29) is 24.1 Å². The van der Waals surface area contributed by atoms with Crippen LogP contribution < -0.4 is 11.1 Å². The van der Waals surface area contributed by atoms with Crippen molar-refractivity contribution in [1.29, 1.82) is 0 Å². The molecule has 2 fully saturated rings. The predicted molar refractivity (Wildman–Crippen MR) is 68.9 cm³/mol. The lowest BCUT2D eigenvalue weighted by Gasteiger charge is -2.35. The van der Waals surface area contributed by atoms with Gasteiger partial charge in [0, 0.05) is 13.6 Å². The third kappa shape index (κ3) is 2.49. The van der Waals surface area contributed by atoms with E-state index in [1.807, 2.05) is 0 Å². The molecule has 0 spiro atoms. The van der Waals surface area contributed by atoms with Crippen molar-refractivity contribution in [2.75, 3.05) is 13.6 Å². The summed E-state index contributed by atoms with van der Waals surface area (Å²) in [6, 6.07) is -0.713. The van der Waals surface area contributed by atoms with Gasteiger partial charge in [-0.15, -0.1) is 0 Å². The van der Waals surface area contributed by atoms with Gasteiger partial charge in [-0.05, 0) is 12.8 Å². The van der Waals surface area contributed by atoms with Gasteiger partial charge in [0.05, 0.1) is 11.8 Å². The van der Waals surface area contributed by atoms with E-state index >= 15 is 0 Å². The minimum Gasteiger partial charge on any atom is -0.343 e. The van der Waals surface area contributed by atoms with Crippen LogP contribution in [0.5, 0.6) is 0 Å². The van der Waals surface area contributed by atoms with E-state index in [1.165, 1.54) is 7.05 Å². The highest BCUT2D eigenvalue weighted by molar-refractivity contribution is 6.06. The fourth-order valence-corrected chi connectivity index (χ4v) is 2.93. The Bertz CT molecular complexity index is 402. The molecule has 0 bridgehead atoms. The number of carbonyl (C=O) groups excluding carboxylic acids is 3. The minimum atomic E-state index is -0.713. The topological polar surface area (TPSA) is 92.5 Å². The van der Waals surface area contributed by atoms with Crippen molar-refractivity contribution in [3.05, 3.63) is 0 Å². The minimum absolute atomic E-state index is 0.0573. The van der Waals surface area contributed by atoms with Crippen LogP contribution in [0.15, 0.2) is 0 Å². The maximum atomic E-state index is 12.4. The van der Waals surface area contributed by atoms with Crippen LogP contribution in [-0.2, 0) is 14.4 Å². The van der Waals surface area contributed by atoms with Crippen molar-refractivity contribution < 1.29 is 14.4 Å². The second kappa shape index (κ2) is 5.28. The molecule has 1 heterocycles. The van der Waals surface area contributed by atoms with Gasteiger partial charge in [-0.2, -0.15) is 0 Å². The maximum Gasteiger partial charge on any atom is 0.252 e. The lowest BCUT2D eigenvalue weighted by atomic mass is 9.73. The fraction of sp³-hybridized carbons (Fsp3) is 0.769. The molecule has 1 atom stereocenters. The molecule has 1 aliphatic carbocycles. The summed E-state index contributed by atoms with van der Waals surface area (Å²) >= 11 is 0. The van der Waals surface area contributed by atoms with Gasteiger partial charge in [-0.25, -0.2) is 0 Å². The predicted octanol–water partition coefficient (Wildman–Crippen LogP) is -0.231. The highest BCUT2D eigenvalue weighted by Crippen LogP contribution is 2.35. The molecule has 1 unspecified atom stereocenters. The zero-order valence-electron chi connectivity index (χ0n) is 11.3. The van der Waals surface area contributed by atoms with Gasteiger partial charge in [0.2, 0.25) is 11.8 Å². The Hall–Kier alpha value is -1.43. The summed E-state index contributed by atoms with van der Waals surface area (Å²) in [6.45, 7) is 0.295. The first kappa shape index (κ1) is 14.0. The van der Waals surface area contributed by atoms with Gasteiger partial charge in [-0.3, -0.25) is 19.3 Å². The smallest absolute Gasteiger partial charge is 0.252 e. The first-order valence-corrected chi connectivity index (χ1v) is 6.81. The average Bonchev–Trinajstić information content (AvgIpc) is 2.67. The number of amides is 3. The third-order valence-corrected chi connectivity index (χ3v) is 4.37. The highest BCUT2D eigenvalue weighted by Gasteiger charge is 2.43. The second-order valence-corrected chi connectivity index (χ2v) is 5.57. The first-order chi connectivity index (χ1) is 9.00. The van der Waals surface area contributed by atoms with E-state index in [1.54, 1.807) is 0 Å². The van der Waals surface area contributed by atoms with E-state index in [2.05, 4.69) is 5.32 Å². The molecule has 1 saturated heterocycles. The van der Waals surface area contributed by atoms with Crippen LogP contribution in [0, 0.1) is 5.41 Å². The number of likely N-dealkylation sites (tertiary alicyclic amines) is 1. The van der Waals surface area contributed by atoms with Gasteiger partial charge in [-0.1, -0.05) is 19.3 Å². The summed E-state index contributed by atoms with van der Waals surface area (Å²) in [6.07, 6.45) is 4.69. The number of imide groups is 1. The number of nitrogens with one attached hydrogen (secondary N) is 1. The summed E-state index contributed by atoms with van der Waals surface area (Å²) in [7, 11) is 1.44. The van der Waals surface area contributed by atoms with Gasteiger partial charge in [0.15, 0.2) is 0 Å². The van der Waals surface area contributed by atoms with E-state index < -0.39 is 11.5 Å². The number of rotatable bonds is 3. The number of likely N-dealkylation sites (N-methyl/N-ethyl adjacent to an activating group) is 1. The van der Waals surface area contributed by atoms with Gasteiger partial charge < -0.3 is 11.1 Å². The SMILES string of the molecule is CN1C(=O)CC(NC(=O)C2(CN)CCCCC2)C1=O. The summed E-state index contributed by atoms with van der Waals surface area (Å²) in [5.41, 5.74) is 5.23. The zero-order chi connectivity index (χ0) is 14.0. The van der Waals surface area contributed by atoms with E-state index in [9.17, 15) is 14.4 Å². The Balaban J connectivity index is 2.04. The lowest BCUT2D eigenvalue weighted by Crippen LogP contribution is -2.51. The van der Waals surface area contributed by atoms with Gasteiger partial charge in [0.25, 0.3) is 5.91 Å². The molecule has 0 aromatic heterocycles. The van der Waals surface area contributed by atoms with Crippen molar-refractivity contribution >= 4 is 17.7 Å². The zero-order valence-corrected chi connectivity index (χ0v) is 11.3. The molecule has 3 amide bonds. The van der Waals surface area contributed by atoms with Crippen LogP contribution in [0.2, 0.25) is 0 Å². The van der Waals surface area contributed by atoms with Crippen LogP contribution in [0.25, 0.3) is 0 Å². The fourth-order valence-electron chi connectivity index (χ4n) is 2.93. The Labute approximate surface area is 112 Å². The molecule has 0 aromatic carbocycles. The Morgan fingerprint density at radius 1 is 1.37 bits per heavy atom. The highest BCUT2D eigenvalue weighted by atomic mass is 16.2. The number of carbonyl (C=O) groups is 3. The molecular formula is C13H21N3O3. The van der Waals surface area contributed by atoms with Crippen LogP contribution in [-0.4, -0.2) is 42.3 Å². The molecular weight excluding hydrogens is 246 g/mol. The van der Waals surface area contributed by atoms with Crippen molar-refractivity contribution in [2.45, 2.75) is 44.6 Å². The molecule has 3 N–H and O–H groups in total. The van der Waals surface area contributed by atoms with Crippen LogP contribution in [0.1, 0.15) is 38.5 Å². The summed E-state index contributed by atoms with van der Waals surface area (Å²) < 4.78 is 0. The molecule has 6 heteroatoms. The Morgan fingerprint density at radius 2 is 2.00 bits per heavy atom. The van der Waals surface area contributed by atoms with Crippen LogP contribution in [0.3, 0.4) is 0 Å². The van der Waals surface area contributed by atoms with E-state index in [0.29, 0.717) is 6.54 Å². The summed E-state index contributed by atoms with van der Waals surface area (Å²) in [5.74, 6) is -0.752. The quantitative estimate of drug-likeness (QED) is 0.691. The average molecular weight is 267 g/mol. The van der Waals surface area contributed by atoms with Gasteiger partial charge in [0.1, 0.15) is 6.04 Å². The second-order valence-electron chi connectivity index (χ2n) is 5.57. The number of hydrogen-bond donors (Lipinski definition) is 2. The van der Waals surface area contributed by atoms with E-state index in [0.717, 1.165) is 37.0 Å². The van der Waals surface area contributed by atoms with Gasteiger partial charge >= 0.3 is 0 Å². The van der Waals surface area contributed by atoms with Crippen molar-refractivity contribution in [2.24, 2.45) is 11.1 Å². The summed E-state index contributed by atoms with van der Waals surface area (Å²) in [4.78, 5) is 36.7. The largest absolute Gasteiger partial charge is 0.343 e. The Morgan fingerprint density at radius 3 is 2.47 bits per heavy atom. The van der Waals surface area contributed by atoms with Crippen LogP contribution in [0.4, 0.5) is 0 Å². The molecule has 1 saturated carbocycles. The summed E-state index contributed by atoms with van der Waals surface area (Å²) in [5, 5.41) is 2.72. The third-order valence-electron chi connectivity index (χ3n) is 4.37. The molecule has 0 aromatic rings. The molecule has 106 valence electrons. The number of nitrogens with two attached hydrogens (primary N) is 1. The molecule has 1 aliphatic heterocycles. The van der Waals surface area contributed by atoms with Crippen molar-refractivity contribution in [3.63, 3.8) is 0 Å². The first-order valence-electron chi connectivity index (χ1n) is 6.81. The normalized spacial score (nSPS) is 26.6. The van der Waals surface area contributed by atoms with E-state index in [4.69, 9.17) is 5.73 Å². The number of nitrogens with zero attached hydrogens (tertiary/aromatic N) is 1. The van der Waals surface area contributed by atoms with Crippen molar-refractivity contribution in [1.82, 2.24) is 10.2 Å². The molecule has 2 rings (SSSR count). The molecule has 6 nitrogen and oxygen atoms in total. The molecule has 0 radical (unpaired) electrons. The van der Waals surface area contributed by atoms with Crippen molar-refractivity contribution in [3.8, 4) is 0 Å². The van der Waals surface area contributed by atoms with Crippen LogP contribution >= 0.6 is 0 Å². The standard InChI is InChI=1S/C13H21N3O3/c1-16-10(17)7-9(11(16)18)15-12(19)13(8-14)5-3-2-4-6-13/h9H,2-8,14H2,1H3,(H,15,19). The lowest BCUT2D eigenvalue weighted by molar-refractivity contribution is -0.140. The Kier molecular flexibility index (Phi) is 3.89. The molecule has 2 aliphatic rings. The maximum absolute atomic E-state index is 12.4. The monoisotopic (exact) mass is 267 g/mol. The number of hydrogen-bond acceptors (Lipinski definition) is 4. The molecule has 19 heavy (non-hydrogen) atoms.